The number of aromatic amines is 2. The molecule has 0 spiro atoms. The number of nitrogens with two attached hydrogens (primary N) is 1. The Hall–Kier alpha value is -2.16. The second-order valence-electron chi connectivity index (χ2n) is 3.47. The van der Waals surface area contributed by atoms with E-state index in [0.717, 1.165) is 0 Å². The van der Waals surface area contributed by atoms with Gasteiger partial charge in [0.2, 0.25) is 5.95 Å². The van der Waals surface area contributed by atoms with E-state index < -0.39 is 5.56 Å². The molecule has 4 N–H and O–H groups in total. The number of hydrogen-bond acceptors (Lipinski definition) is 6. The summed E-state index contributed by atoms with van der Waals surface area (Å²) in [6, 6.07) is 0. The summed E-state index contributed by atoms with van der Waals surface area (Å²) in [6.07, 6.45) is 0. The first-order chi connectivity index (χ1) is 8.60. The lowest BCUT2D eigenvalue weighted by Gasteiger charge is -2.06. The average Bonchev–Trinajstić information content (AvgIpc) is 2.70. The highest BCUT2D eigenvalue weighted by Gasteiger charge is 2.08. The quantitative estimate of drug-likeness (QED) is 0.421. The lowest BCUT2D eigenvalue weighted by molar-refractivity contribution is 0.352. The molecular formula is C8H11ClN8O. The van der Waals surface area contributed by atoms with Crippen LogP contribution < -0.4 is 11.3 Å². The van der Waals surface area contributed by atoms with E-state index in [2.05, 4.69) is 30.3 Å². The van der Waals surface area contributed by atoms with Crippen molar-refractivity contribution in [3.63, 3.8) is 0 Å². The van der Waals surface area contributed by atoms with Crippen LogP contribution in [-0.4, -0.2) is 44.4 Å². The Kier molecular flexibility index (Phi) is 3.42. The zero-order valence-electron chi connectivity index (χ0n) is 9.51. The molecule has 0 atom stereocenters. The van der Waals surface area contributed by atoms with E-state index in [0.29, 0.717) is 12.4 Å². The zero-order chi connectivity index (χ0) is 13.1. The summed E-state index contributed by atoms with van der Waals surface area (Å²) in [5.74, 6) is 0.615. The second kappa shape index (κ2) is 5.00. The van der Waals surface area contributed by atoms with E-state index in [9.17, 15) is 4.79 Å². The standard InChI is InChI=1S/C8H11ClN8O/c1-17(3-2-9)16-15-8-11-4-5(13-8)12-7(10)14-6(4)18/h2-3H2,1H3,(H4,10,11,12,13,14,18)/b16-15+. The second-order valence-corrected chi connectivity index (χ2v) is 3.85. The topological polar surface area (TPSA) is 128 Å². The lowest BCUT2D eigenvalue weighted by atomic mass is 10.5. The van der Waals surface area contributed by atoms with Crippen LogP contribution in [0.25, 0.3) is 11.2 Å². The van der Waals surface area contributed by atoms with Crippen LogP contribution in [0.4, 0.5) is 11.9 Å². The van der Waals surface area contributed by atoms with Gasteiger partial charge in [0.05, 0.1) is 6.54 Å². The first kappa shape index (κ1) is 12.3. The number of halogens is 1. The minimum Gasteiger partial charge on any atom is -0.369 e. The Morgan fingerprint density at radius 2 is 2.22 bits per heavy atom. The van der Waals surface area contributed by atoms with Crippen molar-refractivity contribution in [2.75, 3.05) is 25.2 Å². The van der Waals surface area contributed by atoms with Gasteiger partial charge in [-0.3, -0.25) is 14.8 Å². The molecule has 0 radical (unpaired) electrons. The van der Waals surface area contributed by atoms with Gasteiger partial charge in [-0.25, -0.2) is 0 Å². The molecule has 0 bridgehead atoms. The van der Waals surface area contributed by atoms with E-state index in [1.54, 1.807) is 12.1 Å². The molecule has 10 heteroatoms. The average molecular weight is 271 g/mol. The largest absolute Gasteiger partial charge is 0.369 e. The Morgan fingerprint density at radius 3 is 2.94 bits per heavy atom. The number of rotatable bonds is 4. The van der Waals surface area contributed by atoms with E-state index in [1.165, 1.54) is 0 Å². The molecular weight excluding hydrogens is 260 g/mol. The molecule has 0 fully saturated rings. The van der Waals surface area contributed by atoms with Crippen molar-refractivity contribution in [2.24, 2.45) is 10.3 Å². The van der Waals surface area contributed by atoms with Crippen LogP contribution >= 0.6 is 11.6 Å². The molecule has 0 unspecified atom stereocenters. The van der Waals surface area contributed by atoms with E-state index in [-0.39, 0.29) is 23.1 Å². The normalized spacial score (nSPS) is 11.4. The monoisotopic (exact) mass is 270 g/mol. The van der Waals surface area contributed by atoms with E-state index >= 15 is 0 Å². The summed E-state index contributed by atoms with van der Waals surface area (Å²) >= 11 is 5.54. The van der Waals surface area contributed by atoms with Crippen LogP contribution in [0.2, 0.25) is 0 Å². The number of imidazole rings is 1. The van der Waals surface area contributed by atoms with Crippen LogP contribution in [0.15, 0.2) is 15.1 Å². The number of anilines is 1. The minimum atomic E-state index is -0.402. The Bertz CT molecular complexity index is 632. The number of nitrogen functional groups attached to an aromatic ring is 1. The first-order valence-corrected chi connectivity index (χ1v) is 5.58. The minimum absolute atomic E-state index is 0.00162. The summed E-state index contributed by atoms with van der Waals surface area (Å²) < 4.78 is 0. The lowest BCUT2D eigenvalue weighted by Crippen LogP contribution is -2.12. The fraction of sp³-hybridized carbons (Fsp3) is 0.375. The van der Waals surface area contributed by atoms with E-state index in [4.69, 9.17) is 17.3 Å². The Labute approximate surface area is 106 Å². The number of nitrogens with zero attached hydrogens (tertiary/aromatic N) is 5. The van der Waals surface area contributed by atoms with E-state index in [1.807, 2.05) is 0 Å². The van der Waals surface area contributed by atoms with Gasteiger partial charge in [0.15, 0.2) is 11.2 Å². The van der Waals surface area contributed by atoms with Gasteiger partial charge in [-0.1, -0.05) is 10.3 Å². The highest BCUT2D eigenvalue weighted by Crippen LogP contribution is 2.11. The number of fused-ring (bicyclic) bond motifs is 1. The molecule has 9 nitrogen and oxygen atoms in total. The number of H-pyrrole nitrogens is 2. The Morgan fingerprint density at radius 1 is 1.44 bits per heavy atom. The van der Waals surface area contributed by atoms with Gasteiger partial charge >= 0.3 is 0 Å². The van der Waals surface area contributed by atoms with Gasteiger partial charge in [0.25, 0.3) is 11.5 Å². The molecule has 0 saturated carbocycles. The fourth-order valence-electron chi connectivity index (χ4n) is 1.25. The van der Waals surface area contributed by atoms with Crippen LogP contribution in [-0.2, 0) is 0 Å². The molecule has 2 aromatic rings. The van der Waals surface area contributed by atoms with Crippen LogP contribution in [0.1, 0.15) is 0 Å². The first-order valence-electron chi connectivity index (χ1n) is 5.04. The fourth-order valence-corrected chi connectivity index (χ4v) is 1.49. The third-order valence-electron chi connectivity index (χ3n) is 2.07. The highest BCUT2D eigenvalue weighted by atomic mass is 35.5. The molecule has 0 saturated heterocycles. The molecule has 0 aromatic carbocycles. The summed E-state index contributed by atoms with van der Waals surface area (Å²) in [4.78, 5) is 24.4. The maximum Gasteiger partial charge on any atom is 0.278 e. The maximum absolute atomic E-state index is 11.5. The molecule has 96 valence electrons. The van der Waals surface area contributed by atoms with Crippen molar-refractivity contribution >= 4 is 34.7 Å². The Balaban J connectivity index is 2.31. The molecule has 0 aliphatic carbocycles. The van der Waals surface area contributed by atoms with Crippen molar-refractivity contribution in [3.8, 4) is 0 Å². The van der Waals surface area contributed by atoms with Crippen LogP contribution in [0, 0.1) is 0 Å². The number of hydrogen-bond donors (Lipinski definition) is 3. The summed E-state index contributed by atoms with van der Waals surface area (Å²) in [5.41, 5.74) is 5.40. The highest BCUT2D eigenvalue weighted by molar-refractivity contribution is 6.18. The molecule has 2 heterocycles. The predicted molar refractivity (Wildman–Crippen MR) is 66.8 cm³/mol. The predicted octanol–water partition coefficient (Wildman–Crippen LogP) is 0.398. The van der Waals surface area contributed by atoms with Gasteiger partial charge in [0, 0.05) is 12.9 Å². The summed E-state index contributed by atoms with van der Waals surface area (Å²) in [6.45, 7) is 0.553. The van der Waals surface area contributed by atoms with Crippen LogP contribution in [0.5, 0.6) is 0 Å². The summed E-state index contributed by atoms with van der Waals surface area (Å²) in [5, 5.41) is 9.21. The van der Waals surface area contributed by atoms with Crippen molar-refractivity contribution in [1.82, 2.24) is 24.9 Å². The number of nitrogens with one attached hydrogen (secondary N) is 2. The molecule has 2 rings (SSSR count). The molecule has 18 heavy (non-hydrogen) atoms. The van der Waals surface area contributed by atoms with Crippen molar-refractivity contribution in [2.45, 2.75) is 0 Å². The van der Waals surface area contributed by atoms with Crippen molar-refractivity contribution in [3.05, 3.63) is 10.4 Å². The molecule has 0 aliphatic rings. The van der Waals surface area contributed by atoms with Crippen molar-refractivity contribution < 1.29 is 0 Å². The van der Waals surface area contributed by atoms with Gasteiger partial charge in [-0.15, -0.1) is 11.6 Å². The van der Waals surface area contributed by atoms with Gasteiger partial charge < -0.3 is 10.7 Å². The van der Waals surface area contributed by atoms with Gasteiger partial charge in [-0.2, -0.15) is 9.97 Å². The number of alkyl halides is 1. The van der Waals surface area contributed by atoms with Crippen molar-refractivity contribution in [1.29, 1.82) is 0 Å². The third-order valence-corrected chi connectivity index (χ3v) is 2.24. The van der Waals surface area contributed by atoms with Gasteiger partial charge in [0.1, 0.15) is 0 Å². The third kappa shape index (κ3) is 2.56. The number of aromatic nitrogens is 4. The smallest absolute Gasteiger partial charge is 0.278 e. The van der Waals surface area contributed by atoms with Gasteiger partial charge in [-0.05, 0) is 0 Å². The molecule has 2 aromatic heterocycles. The maximum atomic E-state index is 11.5. The van der Waals surface area contributed by atoms with Crippen LogP contribution in [0.3, 0.4) is 0 Å². The zero-order valence-corrected chi connectivity index (χ0v) is 10.3. The SMILES string of the molecule is CN(CCCl)/N=N/c1nc2nc(N)[nH]c(=O)c2[nH]1. The summed E-state index contributed by atoms with van der Waals surface area (Å²) in [7, 11) is 1.72. The molecule has 0 aliphatic heterocycles. The molecule has 0 amide bonds.